The highest BCUT2D eigenvalue weighted by Gasteiger charge is 2.49. The van der Waals surface area contributed by atoms with Crippen LogP contribution in [0.3, 0.4) is 0 Å². The molecule has 6 rings (SSSR count). The van der Waals surface area contributed by atoms with Crippen molar-refractivity contribution in [2.75, 3.05) is 19.7 Å². The Morgan fingerprint density at radius 2 is 1.83 bits per heavy atom. The zero-order valence-electron chi connectivity index (χ0n) is 27.6. The molecule has 2 aromatic carbocycles. The van der Waals surface area contributed by atoms with Crippen molar-refractivity contribution >= 4 is 41.4 Å². The lowest BCUT2D eigenvalue weighted by Gasteiger charge is -2.38. The highest BCUT2D eigenvalue weighted by Crippen LogP contribution is 2.43. The second-order valence-electron chi connectivity index (χ2n) is 14.0. The fourth-order valence-corrected chi connectivity index (χ4v) is 13.7. The van der Waals surface area contributed by atoms with Crippen molar-refractivity contribution in [3.63, 3.8) is 0 Å². The zero-order chi connectivity index (χ0) is 33.8. The van der Waals surface area contributed by atoms with E-state index in [1.165, 1.54) is 12.1 Å². The number of alkyl halides is 1. The van der Waals surface area contributed by atoms with Crippen LogP contribution in [0.2, 0.25) is 21.8 Å². The first kappa shape index (κ1) is 33.5. The maximum Gasteiger partial charge on any atom is 0.318 e. The standard InChI is InChI=1S/C36H40ClF3N4O2Si/c1-20(2)47(21(3)4,22(5)6)13-9-29-30-23(8-11-41-29)14-25(45)15-26(30)31-28(39)16-27-33(32(31)40)42-35(43-34(27)37)46-19-36-10-7-12-44(36)18-24(38)17-36/h8,11,14-16,20-22,24,45H,7,10,12,17-19H2,1-6H3/t24-,36+/m1/s1. The van der Waals surface area contributed by atoms with Gasteiger partial charge in [0, 0.05) is 35.5 Å². The molecule has 0 amide bonds. The summed E-state index contributed by atoms with van der Waals surface area (Å²) in [7, 11) is -2.17. The van der Waals surface area contributed by atoms with Crippen molar-refractivity contribution in [3.05, 3.63) is 52.9 Å². The molecule has 4 heterocycles. The molecule has 0 bridgehead atoms. The minimum absolute atomic E-state index is 0.0210. The molecule has 0 unspecified atom stereocenters. The fraction of sp³-hybridized carbons (Fsp3) is 0.472. The number of benzene rings is 2. The van der Waals surface area contributed by atoms with E-state index in [1.54, 1.807) is 12.3 Å². The molecule has 4 aromatic rings. The molecule has 0 aliphatic carbocycles. The van der Waals surface area contributed by atoms with E-state index < -0.39 is 37.0 Å². The summed E-state index contributed by atoms with van der Waals surface area (Å²) in [5.41, 5.74) is 4.14. The van der Waals surface area contributed by atoms with Crippen molar-refractivity contribution in [2.45, 2.75) is 89.1 Å². The topological polar surface area (TPSA) is 71.4 Å². The smallest absolute Gasteiger partial charge is 0.318 e. The number of hydrogen-bond donors (Lipinski definition) is 1. The molecular weight excluding hydrogens is 641 g/mol. The van der Waals surface area contributed by atoms with Gasteiger partial charge in [0.1, 0.15) is 48.8 Å². The summed E-state index contributed by atoms with van der Waals surface area (Å²) in [5.74, 6) is 1.29. The number of hydrogen-bond acceptors (Lipinski definition) is 6. The van der Waals surface area contributed by atoms with Gasteiger partial charge in [-0.25, -0.2) is 18.2 Å². The zero-order valence-corrected chi connectivity index (χ0v) is 29.4. The summed E-state index contributed by atoms with van der Waals surface area (Å²) in [5, 5.41) is 11.5. The lowest BCUT2D eigenvalue weighted by Crippen LogP contribution is -2.43. The number of pyridine rings is 1. The molecule has 2 atom stereocenters. The molecule has 2 aliphatic heterocycles. The van der Waals surface area contributed by atoms with Crippen molar-refractivity contribution in [2.24, 2.45) is 0 Å². The molecule has 2 fully saturated rings. The average molecular weight is 681 g/mol. The third-order valence-electron chi connectivity index (χ3n) is 10.4. The number of aromatic nitrogens is 3. The number of halogens is 4. The largest absolute Gasteiger partial charge is 0.508 e. The Balaban J connectivity index is 1.49. The summed E-state index contributed by atoms with van der Waals surface area (Å²) >= 11 is 6.44. The predicted molar refractivity (Wildman–Crippen MR) is 183 cm³/mol. The minimum Gasteiger partial charge on any atom is -0.508 e. The van der Waals surface area contributed by atoms with Crippen molar-refractivity contribution < 1.29 is 23.0 Å². The number of fused-ring (bicyclic) bond motifs is 3. The molecule has 0 radical (unpaired) electrons. The molecule has 0 spiro atoms. The van der Waals surface area contributed by atoms with Gasteiger partial charge in [0.05, 0.1) is 11.1 Å². The number of nitrogens with zero attached hydrogens (tertiary/aromatic N) is 4. The number of rotatable bonds is 7. The quantitative estimate of drug-likeness (QED) is 0.119. The van der Waals surface area contributed by atoms with Gasteiger partial charge in [0.2, 0.25) is 0 Å². The van der Waals surface area contributed by atoms with E-state index in [0.29, 0.717) is 46.1 Å². The van der Waals surface area contributed by atoms with Gasteiger partial charge in [0.25, 0.3) is 0 Å². The Hall–Kier alpha value is -3.39. The fourth-order valence-electron chi connectivity index (χ4n) is 8.29. The van der Waals surface area contributed by atoms with Gasteiger partial charge >= 0.3 is 6.01 Å². The Morgan fingerprint density at radius 1 is 1.11 bits per heavy atom. The van der Waals surface area contributed by atoms with Gasteiger partial charge in [-0.3, -0.25) is 4.90 Å². The van der Waals surface area contributed by atoms with E-state index in [9.17, 15) is 9.50 Å². The SMILES string of the molecule is CC(C)[Si](C#Cc1nccc2cc(O)cc(-c3c(F)cc4c(Cl)nc(OC[C@@]56CCCN5C[C@H](F)C6)nc4c3F)c12)(C(C)C)C(C)C. The summed E-state index contributed by atoms with van der Waals surface area (Å²) in [6.07, 6.45) is 2.70. The summed E-state index contributed by atoms with van der Waals surface area (Å²) < 4.78 is 52.9. The summed E-state index contributed by atoms with van der Waals surface area (Å²) in [6.45, 7) is 14.5. The van der Waals surface area contributed by atoms with Crippen molar-refractivity contribution in [1.82, 2.24) is 19.9 Å². The van der Waals surface area contributed by atoms with Crippen LogP contribution in [0.25, 0.3) is 32.8 Å². The number of phenolic OH excluding ortho intramolecular Hbond substituents is 1. The average Bonchev–Trinajstić information content (AvgIpc) is 3.52. The maximum absolute atomic E-state index is 16.6. The molecule has 1 N–H and O–H groups in total. The van der Waals surface area contributed by atoms with Gasteiger partial charge in [-0.05, 0) is 65.7 Å². The third-order valence-corrected chi connectivity index (χ3v) is 17.0. The van der Waals surface area contributed by atoms with Gasteiger partial charge in [-0.2, -0.15) is 9.97 Å². The minimum atomic E-state index is -2.17. The molecule has 2 saturated heterocycles. The number of phenols is 1. The van der Waals surface area contributed by atoms with Gasteiger partial charge in [-0.1, -0.05) is 59.1 Å². The van der Waals surface area contributed by atoms with Gasteiger partial charge < -0.3 is 9.84 Å². The van der Waals surface area contributed by atoms with E-state index in [-0.39, 0.29) is 40.0 Å². The Kier molecular flexibility index (Phi) is 8.96. The summed E-state index contributed by atoms with van der Waals surface area (Å²) in [6, 6.07) is 5.45. The first-order chi connectivity index (χ1) is 22.3. The molecular formula is C36H40ClF3N4O2Si. The van der Waals surface area contributed by atoms with Crippen LogP contribution in [0.1, 0.15) is 66.5 Å². The normalized spacial score (nSPS) is 20.1. The van der Waals surface area contributed by atoms with Crippen LogP contribution >= 0.6 is 11.6 Å². The van der Waals surface area contributed by atoms with Gasteiger partial charge in [0.15, 0.2) is 5.82 Å². The molecule has 47 heavy (non-hydrogen) atoms. The van der Waals surface area contributed by atoms with Crippen LogP contribution in [0.4, 0.5) is 13.2 Å². The van der Waals surface area contributed by atoms with E-state index in [0.717, 1.165) is 25.5 Å². The monoisotopic (exact) mass is 680 g/mol. The maximum atomic E-state index is 16.6. The Morgan fingerprint density at radius 3 is 2.53 bits per heavy atom. The molecule has 11 heteroatoms. The highest BCUT2D eigenvalue weighted by atomic mass is 35.5. The van der Waals surface area contributed by atoms with E-state index in [4.69, 9.17) is 16.3 Å². The molecule has 2 aliphatic rings. The third kappa shape index (κ3) is 5.74. The number of aromatic hydroxyl groups is 1. The molecule has 2 aromatic heterocycles. The number of ether oxygens (including phenoxy) is 1. The summed E-state index contributed by atoms with van der Waals surface area (Å²) in [4.78, 5) is 15.2. The van der Waals surface area contributed by atoms with Crippen LogP contribution in [-0.4, -0.2) is 64.4 Å². The van der Waals surface area contributed by atoms with Gasteiger partial charge in [-0.15, -0.1) is 5.54 Å². The van der Waals surface area contributed by atoms with E-state index in [2.05, 4.69) is 72.9 Å². The van der Waals surface area contributed by atoms with Crippen LogP contribution < -0.4 is 4.74 Å². The Labute approximate surface area is 279 Å². The van der Waals surface area contributed by atoms with E-state index in [1.807, 2.05) is 0 Å². The predicted octanol–water partition coefficient (Wildman–Crippen LogP) is 9.01. The van der Waals surface area contributed by atoms with E-state index >= 15 is 8.78 Å². The highest BCUT2D eigenvalue weighted by molar-refractivity contribution is 6.90. The Bertz CT molecular complexity index is 1910. The van der Waals surface area contributed by atoms with Crippen LogP contribution in [-0.2, 0) is 0 Å². The van der Waals surface area contributed by atoms with Crippen molar-refractivity contribution in [1.29, 1.82) is 0 Å². The van der Waals surface area contributed by atoms with Crippen molar-refractivity contribution in [3.8, 4) is 34.4 Å². The van der Waals surface area contributed by atoms with Crippen LogP contribution in [0.5, 0.6) is 11.8 Å². The molecule has 248 valence electrons. The first-order valence-electron chi connectivity index (χ1n) is 16.3. The lowest BCUT2D eigenvalue weighted by molar-refractivity contribution is 0.107. The molecule has 0 saturated carbocycles. The second kappa shape index (κ2) is 12.6. The van der Waals surface area contributed by atoms with Crippen LogP contribution in [0.15, 0.2) is 30.5 Å². The second-order valence-corrected chi connectivity index (χ2v) is 19.9. The molecule has 6 nitrogen and oxygen atoms in total. The lowest BCUT2D eigenvalue weighted by atomic mass is 9.95. The van der Waals surface area contributed by atoms with Crippen LogP contribution in [0, 0.1) is 23.1 Å². The first-order valence-corrected chi connectivity index (χ1v) is 18.9.